The summed E-state index contributed by atoms with van der Waals surface area (Å²) in [6, 6.07) is 19.6. The monoisotopic (exact) mass is 664 g/mol. The van der Waals surface area contributed by atoms with Crippen LogP contribution in [0, 0.1) is 16.0 Å². The van der Waals surface area contributed by atoms with Gasteiger partial charge in [-0.3, -0.25) is 4.79 Å². The lowest BCUT2D eigenvalue weighted by molar-refractivity contribution is -0.763. The Morgan fingerprint density at radius 2 is 1.69 bits per heavy atom. The maximum Gasteiger partial charge on any atom is 0.515 e. The van der Waals surface area contributed by atoms with Gasteiger partial charge in [0, 0.05) is 24.1 Å². The van der Waals surface area contributed by atoms with Crippen LogP contribution in [-0.2, 0) is 32.3 Å². The van der Waals surface area contributed by atoms with Crippen molar-refractivity contribution in [1.82, 2.24) is 10.0 Å². The summed E-state index contributed by atoms with van der Waals surface area (Å²) in [5, 5.41) is 24.3. The number of amides is 1. The molecule has 5 N–H and O–H groups in total. The number of hydrazone groups is 1. The Hall–Kier alpha value is -5.70. The molecule has 1 unspecified atom stereocenters. The van der Waals surface area contributed by atoms with Crippen LogP contribution in [0.25, 0.3) is 11.1 Å². The Labute approximate surface area is 277 Å². The van der Waals surface area contributed by atoms with Gasteiger partial charge in [0.25, 0.3) is 5.09 Å². The number of para-hydroxylation sites is 1. The van der Waals surface area contributed by atoms with E-state index in [4.69, 9.17) is 21.1 Å². The maximum absolute atomic E-state index is 13.0. The molecule has 0 spiro atoms. The second kappa shape index (κ2) is 17.9. The highest BCUT2D eigenvalue weighted by molar-refractivity contribution is 6.03. The van der Waals surface area contributed by atoms with Gasteiger partial charge in [-0.05, 0) is 35.1 Å². The van der Waals surface area contributed by atoms with Crippen LogP contribution >= 0.6 is 0 Å². The smallest absolute Gasteiger partial charge is 0.480 e. The molecule has 0 saturated heterocycles. The summed E-state index contributed by atoms with van der Waals surface area (Å²) in [4.78, 5) is 53.7. The number of aliphatic carboxylic acids is 1. The van der Waals surface area contributed by atoms with E-state index in [1.807, 2.05) is 43.3 Å². The van der Waals surface area contributed by atoms with Crippen LogP contribution < -0.4 is 16.3 Å². The van der Waals surface area contributed by atoms with Crippen LogP contribution in [0.2, 0.25) is 0 Å². The summed E-state index contributed by atoms with van der Waals surface area (Å²) >= 11 is 0. The predicted octanol–water partition coefficient (Wildman–Crippen LogP) is 4.66. The van der Waals surface area contributed by atoms with Crippen molar-refractivity contribution < 1.29 is 38.9 Å². The number of nitrogens with zero attached hydrogens (tertiary/aromatic N) is 4. The third-order valence-electron chi connectivity index (χ3n) is 7.15. The second-order valence-corrected chi connectivity index (χ2v) is 11.0. The molecule has 48 heavy (non-hydrogen) atoms. The van der Waals surface area contributed by atoms with E-state index in [0.29, 0.717) is 17.5 Å². The molecule has 0 fully saturated rings. The van der Waals surface area contributed by atoms with E-state index in [-0.39, 0.29) is 41.9 Å². The number of ether oxygens (including phenoxy) is 2. The molecule has 0 saturated carbocycles. The number of nitrogens with two attached hydrogens (primary N) is 2. The van der Waals surface area contributed by atoms with Crippen molar-refractivity contribution in [2.24, 2.45) is 22.6 Å². The minimum Gasteiger partial charge on any atom is -0.480 e. The fourth-order valence-corrected chi connectivity index (χ4v) is 4.84. The molecule has 15 heteroatoms. The van der Waals surface area contributed by atoms with E-state index in [1.165, 1.54) is 17.0 Å². The second-order valence-electron chi connectivity index (χ2n) is 11.0. The molecule has 0 bridgehead atoms. The molecule has 3 aromatic carbocycles. The molecule has 0 aliphatic carbocycles. The van der Waals surface area contributed by atoms with Crippen molar-refractivity contribution >= 4 is 23.9 Å². The first-order chi connectivity index (χ1) is 22.9. The highest BCUT2D eigenvalue weighted by Gasteiger charge is 2.32. The van der Waals surface area contributed by atoms with Gasteiger partial charge in [-0.25, -0.2) is 15.4 Å². The minimum atomic E-state index is -1.14. The maximum atomic E-state index is 13.0. The van der Waals surface area contributed by atoms with Crippen LogP contribution in [0.15, 0.2) is 77.9 Å². The molecule has 0 radical (unpaired) electrons. The summed E-state index contributed by atoms with van der Waals surface area (Å²) in [5.41, 5.74) is 9.33. The fourth-order valence-electron chi connectivity index (χ4n) is 4.84. The van der Waals surface area contributed by atoms with Crippen molar-refractivity contribution in [2.45, 2.75) is 59.2 Å². The van der Waals surface area contributed by atoms with Crippen molar-refractivity contribution in [3.05, 3.63) is 99.6 Å². The number of benzene rings is 3. The third kappa shape index (κ3) is 10.7. The zero-order valence-corrected chi connectivity index (χ0v) is 27.0. The first kappa shape index (κ1) is 36.8. The molecule has 0 aliphatic rings. The van der Waals surface area contributed by atoms with Crippen LogP contribution in [0.4, 0.5) is 4.79 Å². The van der Waals surface area contributed by atoms with Gasteiger partial charge in [-0.15, -0.1) is 15.2 Å². The number of hydrogen-bond donors (Lipinski definition) is 3. The molecule has 3 rings (SSSR count). The van der Waals surface area contributed by atoms with Gasteiger partial charge < -0.3 is 30.1 Å². The van der Waals surface area contributed by atoms with Crippen LogP contribution in [0.5, 0.6) is 5.75 Å². The summed E-state index contributed by atoms with van der Waals surface area (Å²) in [7, 11) is 0. The lowest BCUT2D eigenvalue weighted by Gasteiger charge is -2.32. The molecule has 15 nitrogen and oxygen atoms in total. The number of hydrogen-bond acceptors (Lipinski definition) is 11. The largest absolute Gasteiger partial charge is 0.515 e. The lowest BCUT2D eigenvalue weighted by atomic mass is 9.97. The Morgan fingerprint density at radius 1 is 1.02 bits per heavy atom. The normalized spacial score (nSPS) is 11.8. The Morgan fingerprint density at radius 3 is 2.33 bits per heavy atom. The van der Waals surface area contributed by atoms with E-state index in [9.17, 15) is 29.6 Å². The molecule has 3 aromatic rings. The third-order valence-corrected chi connectivity index (χ3v) is 7.15. The standard InChI is InChI=1S/C33H40N6O9/c1-4-5-14-29(40)37(30(22(2)3)32(41)42)19-23-15-17-24(18-16-23)26-11-7-8-12-27(26)31(34)36-38(35)21-46-33(43)48-28-13-9-6-10-25(28)20-47-39(44)45/h6-13,15-18,22,30H,4-5,14,19-21,35H2,1-3H3,(H2,34,36)(H,41,42). The number of rotatable bonds is 17. The highest BCUT2D eigenvalue weighted by Crippen LogP contribution is 2.26. The average Bonchev–Trinajstić information content (AvgIpc) is 3.05. The minimum absolute atomic E-state index is 0.00769. The van der Waals surface area contributed by atoms with Gasteiger partial charge in [0.15, 0.2) is 12.6 Å². The Bertz CT molecular complexity index is 1600. The van der Waals surface area contributed by atoms with Crippen molar-refractivity contribution in [3.63, 3.8) is 0 Å². The molecule has 256 valence electrons. The molecule has 0 aromatic heterocycles. The average molecular weight is 665 g/mol. The first-order valence-corrected chi connectivity index (χ1v) is 15.2. The molecule has 1 amide bonds. The van der Waals surface area contributed by atoms with Crippen LogP contribution in [0.3, 0.4) is 0 Å². The van der Waals surface area contributed by atoms with E-state index in [0.717, 1.165) is 22.7 Å². The summed E-state index contributed by atoms with van der Waals surface area (Å²) in [6.45, 7) is 4.72. The predicted molar refractivity (Wildman–Crippen MR) is 175 cm³/mol. The van der Waals surface area contributed by atoms with Gasteiger partial charge in [-0.1, -0.05) is 93.9 Å². The summed E-state index contributed by atoms with van der Waals surface area (Å²) < 4.78 is 10.1. The number of carboxylic acid groups (broad SMARTS) is 1. The number of carboxylic acids is 1. The molecular weight excluding hydrogens is 624 g/mol. The topological polar surface area (TPSA) is 213 Å². The summed E-state index contributed by atoms with van der Waals surface area (Å²) in [5.74, 6) is 4.41. The number of hydrazine groups is 1. The summed E-state index contributed by atoms with van der Waals surface area (Å²) in [6.07, 6.45) is 0.632. The quantitative estimate of drug-likeness (QED) is 0.0263. The molecular formula is C33H40N6O9. The van der Waals surface area contributed by atoms with Gasteiger partial charge in [0.05, 0.1) is 0 Å². The van der Waals surface area contributed by atoms with Crippen LogP contribution in [-0.4, -0.2) is 56.9 Å². The number of unbranched alkanes of at least 4 members (excludes halogenated alkanes) is 1. The fraction of sp³-hybridized carbons (Fsp3) is 0.333. The number of carbonyl (C=O) groups excluding carboxylic acids is 2. The molecule has 0 heterocycles. The number of amidine groups is 1. The Kier molecular flexibility index (Phi) is 13.7. The van der Waals surface area contributed by atoms with Gasteiger partial charge in [0.1, 0.15) is 18.4 Å². The zero-order chi connectivity index (χ0) is 35.2. The SMILES string of the molecule is CCCCC(=O)N(Cc1ccc(-c2ccccc2/C(N)=N/N(N)COC(=O)Oc2ccccc2CO[N+](=O)[O-])cc1)C(C(=O)O)C(C)C. The van der Waals surface area contributed by atoms with E-state index in [1.54, 1.807) is 38.1 Å². The highest BCUT2D eigenvalue weighted by atomic mass is 16.9. The molecule has 1 atom stereocenters. The number of carbonyl (C=O) groups is 3. The van der Waals surface area contributed by atoms with Gasteiger partial charge in [0.2, 0.25) is 5.91 Å². The first-order valence-electron chi connectivity index (χ1n) is 15.2. The van der Waals surface area contributed by atoms with Crippen LogP contribution in [0.1, 0.15) is 56.7 Å². The van der Waals surface area contributed by atoms with Crippen molar-refractivity contribution in [1.29, 1.82) is 0 Å². The van der Waals surface area contributed by atoms with E-state index >= 15 is 0 Å². The Balaban J connectivity index is 1.71. The molecule has 0 aliphatic heterocycles. The van der Waals surface area contributed by atoms with Gasteiger partial charge >= 0.3 is 12.1 Å². The van der Waals surface area contributed by atoms with E-state index in [2.05, 4.69) is 9.94 Å². The van der Waals surface area contributed by atoms with E-state index < -0.39 is 36.6 Å². The van der Waals surface area contributed by atoms with Crippen molar-refractivity contribution in [2.75, 3.05) is 6.73 Å². The van der Waals surface area contributed by atoms with Gasteiger partial charge in [-0.2, -0.15) is 5.12 Å². The van der Waals surface area contributed by atoms with Crippen molar-refractivity contribution in [3.8, 4) is 16.9 Å². The lowest BCUT2D eigenvalue weighted by Crippen LogP contribution is -2.47. The zero-order valence-electron chi connectivity index (χ0n) is 27.0.